The minimum Gasteiger partial charge on any atom is -0.462 e. The van der Waals surface area contributed by atoms with Crippen molar-refractivity contribution in [3.63, 3.8) is 0 Å². The van der Waals surface area contributed by atoms with Crippen molar-refractivity contribution >= 4 is 11.9 Å². The largest absolute Gasteiger partial charge is 0.462 e. The molecule has 392 valence electrons. The molecule has 0 radical (unpaired) electrons. The average Bonchev–Trinajstić information content (AvgIpc) is 3.31. The molecule has 6 heteroatoms. The maximum Gasteiger partial charge on any atom is 0.306 e. The Bertz CT molecular complexity index is 1000. The summed E-state index contributed by atoms with van der Waals surface area (Å²) >= 11 is 0. The molecule has 0 spiro atoms. The van der Waals surface area contributed by atoms with E-state index in [2.05, 4.69) is 38.2 Å². The lowest BCUT2D eigenvalue weighted by Crippen LogP contribution is -2.46. The Labute approximate surface area is 412 Å². The number of unbranched alkanes of at least 4 members (excludes halogenated alkanes) is 41. The van der Waals surface area contributed by atoms with Gasteiger partial charge in [-0.2, -0.15) is 0 Å². The number of amides is 1. The summed E-state index contributed by atoms with van der Waals surface area (Å²) in [7, 11) is 0. The van der Waals surface area contributed by atoms with Gasteiger partial charge in [0.1, 0.15) is 6.10 Å². The lowest BCUT2D eigenvalue weighted by molar-refractivity contribution is -0.151. The van der Waals surface area contributed by atoms with Crippen molar-refractivity contribution in [1.29, 1.82) is 0 Å². The van der Waals surface area contributed by atoms with Gasteiger partial charge in [0.05, 0.1) is 25.2 Å². The van der Waals surface area contributed by atoms with E-state index < -0.39 is 18.2 Å². The molecule has 0 heterocycles. The number of hydrogen-bond donors (Lipinski definition) is 3. The Morgan fingerprint density at radius 2 is 0.727 bits per heavy atom. The molecular formula is C60H117NO5. The van der Waals surface area contributed by atoms with Crippen molar-refractivity contribution in [2.75, 3.05) is 6.61 Å². The predicted octanol–water partition coefficient (Wildman–Crippen LogP) is 18.5. The van der Waals surface area contributed by atoms with E-state index in [-0.39, 0.29) is 24.9 Å². The van der Waals surface area contributed by atoms with Gasteiger partial charge < -0.3 is 20.3 Å². The van der Waals surface area contributed by atoms with Gasteiger partial charge in [-0.15, -0.1) is 0 Å². The molecule has 3 unspecified atom stereocenters. The van der Waals surface area contributed by atoms with Crippen molar-refractivity contribution in [2.45, 2.75) is 354 Å². The first kappa shape index (κ1) is 64.6. The number of esters is 1. The second-order valence-electron chi connectivity index (χ2n) is 20.8. The van der Waals surface area contributed by atoms with E-state index >= 15 is 0 Å². The van der Waals surface area contributed by atoms with Crippen LogP contribution in [0.15, 0.2) is 12.2 Å². The normalized spacial score (nSPS) is 13.1. The van der Waals surface area contributed by atoms with Crippen molar-refractivity contribution in [3.8, 4) is 0 Å². The van der Waals surface area contributed by atoms with Crippen LogP contribution < -0.4 is 5.32 Å². The van der Waals surface area contributed by atoms with E-state index in [9.17, 15) is 19.8 Å². The minimum atomic E-state index is -0.784. The SMILES string of the molecule is CCCCCCCC/C=C/CCCCCCCCCC(CC(=O)NC(CO)C(O)CCCCCCCCCCCCCCCCCCC)OC(=O)CCCCCCCCCCCCCCC. The van der Waals surface area contributed by atoms with Gasteiger partial charge in [0.25, 0.3) is 0 Å². The predicted molar refractivity (Wildman–Crippen MR) is 287 cm³/mol. The fourth-order valence-electron chi connectivity index (χ4n) is 9.55. The highest BCUT2D eigenvalue weighted by molar-refractivity contribution is 5.77. The molecule has 0 aromatic carbocycles. The molecule has 3 N–H and O–H groups in total. The molecule has 0 bridgehead atoms. The lowest BCUT2D eigenvalue weighted by atomic mass is 10.0. The first-order chi connectivity index (χ1) is 32.5. The van der Waals surface area contributed by atoms with Crippen LogP contribution in [0, 0.1) is 0 Å². The fourth-order valence-corrected chi connectivity index (χ4v) is 9.55. The van der Waals surface area contributed by atoms with Crippen LogP contribution in [0.5, 0.6) is 0 Å². The molecule has 0 aliphatic carbocycles. The molecule has 0 saturated heterocycles. The zero-order chi connectivity index (χ0) is 48.1. The number of carbonyl (C=O) groups is 2. The Balaban J connectivity index is 4.49. The summed E-state index contributed by atoms with van der Waals surface area (Å²) in [6.07, 6.45) is 62.8. The standard InChI is InChI=1S/C60H117NO5/c1-4-7-10-13-16-19-22-25-27-29-31-34-36-39-42-45-48-51-56(66-60(65)53-50-47-44-41-38-33-24-21-18-15-12-9-6-3)54-59(64)61-57(55-62)58(63)52-49-46-43-40-37-35-32-30-28-26-23-20-17-14-11-8-5-2/h25,27,56-58,62-63H,4-24,26,28-55H2,1-3H3,(H,61,64)/b27-25+. The Morgan fingerprint density at radius 1 is 0.424 bits per heavy atom. The topological polar surface area (TPSA) is 95.9 Å². The fraction of sp³-hybridized carbons (Fsp3) is 0.933. The number of aliphatic hydroxyl groups is 2. The summed E-state index contributed by atoms with van der Waals surface area (Å²) in [6, 6.07) is -0.698. The lowest BCUT2D eigenvalue weighted by Gasteiger charge is -2.24. The molecule has 3 atom stereocenters. The van der Waals surface area contributed by atoms with Gasteiger partial charge in [-0.3, -0.25) is 9.59 Å². The third-order valence-electron chi connectivity index (χ3n) is 14.1. The van der Waals surface area contributed by atoms with E-state index in [1.807, 2.05) is 0 Å². The van der Waals surface area contributed by atoms with Crippen LogP contribution in [0.3, 0.4) is 0 Å². The molecule has 0 aromatic heterocycles. The van der Waals surface area contributed by atoms with Gasteiger partial charge in [-0.05, 0) is 51.4 Å². The molecule has 6 nitrogen and oxygen atoms in total. The monoisotopic (exact) mass is 932 g/mol. The molecular weight excluding hydrogens is 815 g/mol. The molecule has 1 amide bonds. The van der Waals surface area contributed by atoms with Crippen molar-refractivity contribution in [1.82, 2.24) is 5.32 Å². The van der Waals surface area contributed by atoms with Crippen LogP contribution in [-0.4, -0.2) is 46.9 Å². The molecule has 66 heavy (non-hydrogen) atoms. The van der Waals surface area contributed by atoms with E-state index in [0.29, 0.717) is 19.3 Å². The first-order valence-corrected chi connectivity index (χ1v) is 29.9. The van der Waals surface area contributed by atoms with E-state index in [0.717, 1.165) is 51.4 Å². The molecule has 0 aliphatic heterocycles. The summed E-state index contributed by atoms with van der Waals surface area (Å²) in [6.45, 7) is 6.53. The molecule has 0 aromatic rings. The highest BCUT2D eigenvalue weighted by Crippen LogP contribution is 2.19. The number of allylic oxidation sites excluding steroid dienone is 2. The summed E-state index contributed by atoms with van der Waals surface area (Å²) in [4.78, 5) is 26.3. The molecule has 0 saturated carbocycles. The van der Waals surface area contributed by atoms with Crippen LogP contribution >= 0.6 is 0 Å². The Hall–Kier alpha value is -1.40. The number of aliphatic hydroxyl groups excluding tert-OH is 2. The zero-order valence-electron chi connectivity index (χ0n) is 44.9. The highest BCUT2D eigenvalue weighted by atomic mass is 16.5. The summed E-state index contributed by atoms with van der Waals surface area (Å²) in [5.41, 5.74) is 0. The van der Waals surface area contributed by atoms with Crippen molar-refractivity contribution < 1.29 is 24.5 Å². The van der Waals surface area contributed by atoms with Gasteiger partial charge >= 0.3 is 5.97 Å². The maximum atomic E-state index is 13.3. The number of rotatable bonds is 55. The first-order valence-electron chi connectivity index (χ1n) is 29.9. The second kappa shape index (κ2) is 54.5. The van der Waals surface area contributed by atoms with Crippen molar-refractivity contribution in [2.24, 2.45) is 0 Å². The quantitative estimate of drug-likeness (QED) is 0.0321. The van der Waals surface area contributed by atoms with Gasteiger partial charge in [0.15, 0.2) is 0 Å². The van der Waals surface area contributed by atoms with Crippen molar-refractivity contribution in [3.05, 3.63) is 12.2 Å². The minimum absolute atomic E-state index is 0.0824. The number of nitrogens with one attached hydrogen (secondary N) is 1. The number of ether oxygens (including phenoxy) is 1. The molecule has 0 aliphatic rings. The Morgan fingerprint density at radius 3 is 1.08 bits per heavy atom. The van der Waals surface area contributed by atoms with E-state index in [4.69, 9.17) is 4.74 Å². The van der Waals surface area contributed by atoms with E-state index in [1.165, 1.54) is 238 Å². The maximum absolute atomic E-state index is 13.3. The summed E-state index contributed by atoms with van der Waals surface area (Å²) in [5.74, 6) is -0.454. The third kappa shape index (κ3) is 49.0. The highest BCUT2D eigenvalue weighted by Gasteiger charge is 2.24. The molecule has 0 fully saturated rings. The second-order valence-corrected chi connectivity index (χ2v) is 20.8. The average molecular weight is 933 g/mol. The van der Waals surface area contributed by atoms with Crippen LogP contribution in [0.4, 0.5) is 0 Å². The Kier molecular flexibility index (Phi) is 53.4. The smallest absolute Gasteiger partial charge is 0.306 e. The molecule has 0 rings (SSSR count). The zero-order valence-corrected chi connectivity index (χ0v) is 44.9. The summed E-state index contributed by atoms with van der Waals surface area (Å²) < 4.78 is 5.97. The van der Waals surface area contributed by atoms with Gasteiger partial charge in [0, 0.05) is 6.42 Å². The van der Waals surface area contributed by atoms with Crippen LogP contribution in [0.25, 0.3) is 0 Å². The van der Waals surface area contributed by atoms with Gasteiger partial charge in [-0.1, -0.05) is 283 Å². The van der Waals surface area contributed by atoms with Gasteiger partial charge in [-0.25, -0.2) is 0 Å². The number of carbonyl (C=O) groups excluding carboxylic acids is 2. The third-order valence-corrected chi connectivity index (χ3v) is 14.1. The van der Waals surface area contributed by atoms with Crippen LogP contribution in [0.1, 0.15) is 335 Å². The van der Waals surface area contributed by atoms with Crippen LogP contribution in [0.2, 0.25) is 0 Å². The van der Waals surface area contributed by atoms with Crippen LogP contribution in [-0.2, 0) is 14.3 Å². The van der Waals surface area contributed by atoms with Gasteiger partial charge in [0.2, 0.25) is 5.91 Å². The number of hydrogen-bond acceptors (Lipinski definition) is 5. The van der Waals surface area contributed by atoms with E-state index in [1.54, 1.807) is 0 Å². The summed E-state index contributed by atoms with van der Waals surface area (Å²) in [5, 5.41) is 23.9.